The fraction of sp³-hybridized carbons (Fsp3) is 0.308. The third-order valence-corrected chi connectivity index (χ3v) is 3.06. The maximum Gasteiger partial charge on any atom is 0.111 e. The van der Waals surface area contributed by atoms with Crippen molar-refractivity contribution < 1.29 is 0 Å². The summed E-state index contributed by atoms with van der Waals surface area (Å²) in [5.41, 5.74) is 9.57. The van der Waals surface area contributed by atoms with Crippen LogP contribution in [0.1, 0.15) is 31.2 Å². The van der Waals surface area contributed by atoms with Crippen molar-refractivity contribution in [2.45, 2.75) is 19.8 Å². The third kappa shape index (κ3) is 1.40. The molecule has 3 heteroatoms. The van der Waals surface area contributed by atoms with E-state index in [1.807, 2.05) is 23.9 Å². The number of allylic oxidation sites excluding steroid dienone is 3. The van der Waals surface area contributed by atoms with E-state index >= 15 is 0 Å². The zero-order valence-corrected chi connectivity index (χ0v) is 9.77. The molecule has 0 saturated carbocycles. The van der Waals surface area contributed by atoms with Gasteiger partial charge in [0, 0.05) is 12.1 Å². The number of fused-ring (bicyclic) bond motifs is 1. The van der Waals surface area contributed by atoms with Gasteiger partial charge >= 0.3 is 0 Å². The van der Waals surface area contributed by atoms with E-state index in [1.54, 1.807) is 0 Å². The molecule has 0 fully saturated rings. The number of anilines is 1. The van der Waals surface area contributed by atoms with E-state index in [4.69, 9.17) is 5.73 Å². The fourth-order valence-corrected chi connectivity index (χ4v) is 2.13. The highest BCUT2D eigenvalue weighted by molar-refractivity contribution is 5.73. The lowest BCUT2D eigenvalue weighted by Crippen LogP contribution is -2.15. The van der Waals surface area contributed by atoms with Crippen molar-refractivity contribution in [2.75, 3.05) is 5.73 Å². The molecule has 84 valence electrons. The van der Waals surface area contributed by atoms with E-state index in [1.165, 1.54) is 0 Å². The molecule has 1 aromatic rings. The van der Waals surface area contributed by atoms with Gasteiger partial charge in [-0.05, 0) is 18.4 Å². The van der Waals surface area contributed by atoms with Gasteiger partial charge in [0.15, 0.2) is 0 Å². The summed E-state index contributed by atoms with van der Waals surface area (Å²) in [5, 5.41) is 4.44. The van der Waals surface area contributed by atoms with Gasteiger partial charge in [0.1, 0.15) is 5.69 Å². The highest BCUT2D eigenvalue weighted by Gasteiger charge is 2.26. The Kier molecular flexibility index (Phi) is 2.46. The van der Waals surface area contributed by atoms with Crippen molar-refractivity contribution in [1.29, 1.82) is 0 Å². The predicted molar refractivity (Wildman–Crippen MR) is 68.8 cm³/mol. The number of aromatic nitrogens is 2. The Labute approximate surface area is 96.0 Å². The summed E-state index contributed by atoms with van der Waals surface area (Å²) in [5.74, 6) is 0.632. The quantitative estimate of drug-likeness (QED) is 0.771. The largest absolute Gasteiger partial charge is 0.395 e. The van der Waals surface area contributed by atoms with Crippen LogP contribution in [0.3, 0.4) is 0 Å². The number of hydrogen-bond donors (Lipinski definition) is 1. The zero-order chi connectivity index (χ0) is 11.9. The second kappa shape index (κ2) is 3.67. The van der Waals surface area contributed by atoms with Crippen molar-refractivity contribution >= 4 is 17.5 Å². The van der Waals surface area contributed by atoms with E-state index < -0.39 is 0 Å². The van der Waals surface area contributed by atoms with Crippen molar-refractivity contribution in [2.24, 2.45) is 5.92 Å². The SMILES string of the molecule is C=CC1c2c(N)c(C(=C)C)nn2C=CC1C. The lowest BCUT2D eigenvalue weighted by molar-refractivity contribution is 0.591. The molecule has 1 aliphatic rings. The summed E-state index contributed by atoms with van der Waals surface area (Å²) >= 11 is 0. The molecular weight excluding hydrogens is 198 g/mol. The molecule has 1 aromatic heterocycles. The van der Waals surface area contributed by atoms with Crippen LogP contribution in [0.4, 0.5) is 5.69 Å². The number of nitrogens with zero attached hydrogens (tertiary/aromatic N) is 2. The normalized spacial score (nSPS) is 22.9. The average molecular weight is 215 g/mol. The second-order valence-corrected chi connectivity index (χ2v) is 4.33. The lowest BCUT2D eigenvalue weighted by Gasteiger charge is -2.22. The fourth-order valence-electron chi connectivity index (χ4n) is 2.13. The number of hydrogen-bond acceptors (Lipinski definition) is 2. The Morgan fingerprint density at radius 2 is 2.31 bits per heavy atom. The Hall–Kier alpha value is -1.77. The zero-order valence-electron chi connectivity index (χ0n) is 9.77. The Morgan fingerprint density at radius 3 is 2.88 bits per heavy atom. The summed E-state index contributed by atoms with van der Waals surface area (Å²) < 4.78 is 1.84. The first-order valence-electron chi connectivity index (χ1n) is 5.41. The molecular formula is C13H17N3. The van der Waals surface area contributed by atoms with Crippen LogP contribution in [-0.2, 0) is 0 Å². The van der Waals surface area contributed by atoms with Gasteiger partial charge in [0.2, 0.25) is 0 Å². The molecule has 0 bridgehead atoms. The van der Waals surface area contributed by atoms with Gasteiger partial charge in [-0.25, -0.2) is 4.68 Å². The molecule has 0 amide bonds. The maximum absolute atomic E-state index is 6.13. The van der Waals surface area contributed by atoms with Crippen molar-refractivity contribution in [3.05, 3.63) is 36.7 Å². The number of nitrogen functional groups attached to an aromatic ring is 1. The van der Waals surface area contributed by atoms with E-state index in [9.17, 15) is 0 Å². The summed E-state index contributed by atoms with van der Waals surface area (Å²) in [7, 11) is 0. The molecule has 0 radical (unpaired) electrons. The van der Waals surface area contributed by atoms with Gasteiger partial charge in [-0.15, -0.1) is 6.58 Å². The van der Waals surface area contributed by atoms with Crippen LogP contribution in [0.5, 0.6) is 0 Å². The van der Waals surface area contributed by atoms with Crippen molar-refractivity contribution in [1.82, 2.24) is 9.78 Å². The summed E-state index contributed by atoms with van der Waals surface area (Å²) in [4.78, 5) is 0. The summed E-state index contributed by atoms with van der Waals surface area (Å²) in [6, 6.07) is 0. The third-order valence-electron chi connectivity index (χ3n) is 3.06. The smallest absolute Gasteiger partial charge is 0.111 e. The molecule has 2 atom stereocenters. The molecule has 2 N–H and O–H groups in total. The first kappa shape index (κ1) is 10.7. The highest BCUT2D eigenvalue weighted by atomic mass is 15.3. The van der Waals surface area contributed by atoms with Crippen LogP contribution in [-0.4, -0.2) is 9.78 Å². The standard InChI is InChI=1S/C13H17N3/c1-5-10-9(4)6-7-16-13(10)11(14)12(15-16)8(2)3/h5-7,9-10H,1-2,14H2,3-4H3. The Balaban J connectivity index is 2.63. The van der Waals surface area contributed by atoms with Crippen LogP contribution in [0, 0.1) is 5.92 Å². The second-order valence-electron chi connectivity index (χ2n) is 4.33. The minimum absolute atomic E-state index is 0.227. The minimum atomic E-state index is 0.227. The van der Waals surface area contributed by atoms with Crippen molar-refractivity contribution in [3.8, 4) is 0 Å². The molecule has 2 rings (SSSR count). The Bertz CT molecular complexity index is 480. The molecule has 2 unspecified atom stereocenters. The maximum atomic E-state index is 6.13. The molecule has 3 nitrogen and oxygen atoms in total. The number of nitrogens with two attached hydrogens (primary N) is 1. The lowest BCUT2D eigenvalue weighted by atomic mass is 9.88. The van der Waals surface area contributed by atoms with Crippen molar-refractivity contribution in [3.63, 3.8) is 0 Å². The van der Waals surface area contributed by atoms with E-state index in [0.29, 0.717) is 5.92 Å². The molecule has 0 saturated heterocycles. The Morgan fingerprint density at radius 1 is 1.62 bits per heavy atom. The summed E-state index contributed by atoms with van der Waals surface area (Å²) in [6.07, 6.45) is 6.01. The van der Waals surface area contributed by atoms with Gasteiger partial charge in [0.25, 0.3) is 0 Å². The molecule has 16 heavy (non-hydrogen) atoms. The van der Waals surface area contributed by atoms with Crippen LogP contribution in [0.25, 0.3) is 11.8 Å². The molecule has 0 spiro atoms. The van der Waals surface area contributed by atoms with E-state index in [2.05, 4.69) is 31.3 Å². The van der Waals surface area contributed by atoms with Crippen LogP contribution >= 0.6 is 0 Å². The molecule has 2 heterocycles. The first-order chi connectivity index (χ1) is 7.56. The van der Waals surface area contributed by atoms with Crippen LogP contribution in [0.2, 0.25) is 0 Å². The van der Waals surface area contributed by atoms with Gasteiger partial charge in [-0.3, -0.25) is 0 Å². The van der Waals surface area contributed by atoms with Gasteiger partial charge in [-0.1, -0.05) is 25.7 Å². The van der Waals surface area contributed by atoms with Crippen LogP contribution in [0.15, 0.2) is 25.3 Å². The van der Waals surface area contributed by atoms with Crippen LogP contribution < -0.4 is 5.73 Å². The highest BCUT2D eigenvalue weighted by Crippen LogP contribution is 2.37. The monoisotopic (exact) mass is 215 g/mol. The molecule has 0 aromatic carbocycles. The van der Waals surface area contributed by atoms with Gasteiger partial charge in [0.05, 0.1) is 11.4 Å². The topological polar surface area (TPSA) is 43.8 Å². The van der Waals surface area contributed by atoms with Gasteiger partial charge in [-0.2, -0.15) is 5.10 Å². The van der Waals surface area contributed by atoms with Gasteiger partial charge < -0.3 is 5.73 Å². The molecule has 0 aliphatic carbocycles. The first-order valence-corrected chi connectivity index (χ1v) is 5.41. The minimum Gasteiger partial charge on any atom is -0.395 e. The van der Waals surface area contributed by atoms with E-state index in [0.717, 1.165) is 22.6 Å². The summed E-state index contributed by atoms with van der Waals surface area (Å²) in [6.45, 7) is 11.8. The van der Waals surface area contributed by atoms with E-state index in [-0.39, 0.29) is 5.92 Å². The number of rotatable bonds is 2. The predicted octanol–water partition coefficient (Wildman–Crippen LogP) is 2.89. The average Bonchev–Trinajstić information content (AvgIpc) is 2.57. The molecule has 1 aliphatic heterocycles.